The van der Waals surface area contributed by atoms with Crippen LogP contribution in [0.5, 0.6) is 6.08 Å². The van der Waals surface area contributed by atoms with Crippen LogP contribution >= 0.6 is 11.3 Å². The molecule has 0 aromatic carbocycles. The summed E-state index contributed by atoms with van der Waals surface area (Å²) in [6.07, 6.45) is 3.88. The molecule has 0 aliphatic heterocycles. The van der Waals surface area contributed by atoms with Crippen LogP contribution in [0.3, 0.4) is 0 Å². The van der Waals surface area contributed by atoms with Crippen LogP contribution in [0.4, 0.5) is 0 Å². The minimum Gasteiger partial charge on any atom is -0.442 e. The van der Waals surface area contributed by atoms with E-state index in [4.69, 9.17) is 9.26 Å². The summed E-state index contributed by atoms with van der Waals surface area (Å²) >= 11 is 1.55. The Labute approximate surface area is 132 Å². The second-order valence-corrected chi connectivity index (χ2v) is 6.83. The summed E-state index contributed by atoms with van der Waals surface area (Å²) in [6, 6.07) is 0. The van der Waals surface area contributed by atoms with Gasteiger partial charge in [-0.3, -0.25) is 9.20 Å². The van der Waals surface area contributed by atoms with Crippen LogP contribution in [-0.2, 0) is 19.1 Å². The molecule has 7 nitrogen and oxygen atoms in total. The second-order valence-electron chi connectivity index (χ2n) is 5.97. The van der Waals surface area contributed by atoms with E-state index in [0.717, 1.165) is 16.3 Å². The predicted octanol–water partition coefficient (Wildman–Crippen LogP) is 2.80. The number of hydrogen-bond acceptors (Lipinski definition) is 7. The Bertz CT molecular complexity index is 768. The summed E-state index contributed by atoms with van der Waals surface area (Å²) in [5.41, 5.74) is 1.64. The van der Waals surface area contributed by atoms with E-state index in [0.29, 0.717) is 12.4 Å². The van der Waals surface area contributed by atoms with Crippen LogP contribution in [-0.4, -0.2) is 24.9 Å². The van der Waals surface area contributed by atoms with Crippen LogP contribution in [0.2, 0.25) is 0 Å². The van der Waals surface area contributed by atoms with Crippen molar-refractivity contribution in [1.82, 2.24) is 24.9 Å². The van der Waals surface area contributed by atoms with E-state index < -0.39 is 0 Å². The Kier molecular flexibility index (Phi) is 3.69. The first-order valence-corrected chi connectivity index (χ1v) is 7.70. The highest BCUT2D eigenvalue weighted by Gasteiger charge is 2.21. The van der Waals surface area contributed by atoms with Crippen molar-refractivity contribution in [2.75, 3.05) is 0 Å². The molecule has 0 spiro atoms. The van der Waals surface area contributed by atoms with Crippen LogP contribution < -0.4 is 4.74 Å². The first kappa shape index (κ1) is 14.7. The van der Waals surface area contributed by atoms with Gasteiger partial charge in [-0.25, -0.2) is 4.98 Å². The van der Waals surface area contributed by atoms with Crippen molar-refractivity contribution in [2.24, 2.45) is 7.05 Å². The zero-order valence-corrected chi connectivity index (χ0v) is 13.7. The third kappa shape index (κ3) is 3.16. The lowest BCUT2D eigenvalue weighted by atomic mass is 9.96. The summed E-state index contributed by atoms with van der Waals surface area (Å²) in [5.74, 6) is 0.622. The van der Waals surface area contributed by atoms with Gasteiger partial charge in [-0.15, -0.1) is 11.3 Å². The molecule has 0 aliphatic carbocycles. The minimum atomic E-state index is -0.167. The molecule has 8 heteroatoms. The van der Waals surface area contributed by atoms with Gasteiger partial charge in [-0.1, -0.05) is 25.9 Å². The number of hydrogen-bond donors (Lipinski definition) is 0. The third-order valence-electron chi connectivity index (χ3n) is 2.93. The lowest BCUT2D eigenvalue weighted by Crippen LogP contribution is -2.13. The van der Waals surface area contributed by atoms with Gasteiger partial charge in [0.1, 0.15) is 11.6 Å². The van der Waals surface area contributed by atoms with Crippen LogP contribution in [0, 0.1) is 0 Å². The molecule has 0 radical (unpaired) electrons. The molecule has 116 valence electrons. The molecular formula is C14H17N5O2S. The van der Waals surface area contributed by atoms with E-state index in [2.05, 4.69) is 20.2 Å². The minimum absolute atomic E-state index is 0.167. The zero-order valence-electron chi connectivity index (χ0n) is 12.9. The SMILES string of the molecule is Cn1cc(-c2nc(COc3nc(C(C)(C)C)no3)cs2)cn1. The molecule has 22 heavy (non-hydrogen) atoms. The van der Waals surface area contributed by atoms with E-state index in [9.17, 15) is 0 Å². The molecule has 0 saturated heterocycles. The molecule has 0 fully saturated rings. The lowest BCUT2D eigenvalue weighted by molar-refractivity contribution is 0.193. The van der Waals surface area contributed by atoms with Gasteiger partial charge in [-0.05, 0) is 0 Å². The number of rotatable bonds is 4. The van der Waals surface area contributed by atoms with Gasteiger partial charge in [0.05, 0.1) is 11.9 Å². The monoisotopic (exact) mass is 319 g/mol. The Balaban J connectivity index is 1.65. The molecule has 0 atom stereocenters. The number of nitrogens with zero attached hydrogens (tertiary/aromatic N) is 5. The summed E-state index contributed by atoms with van der Waals surface area (Å²) in [7, 11) is 1.88. The van der Waals surface area contributed by atoms with Crippen LogP contribution in [0.15, 0.2) is 22.3 Å². The molecule has 3 aromatic rings. The topological polar surface area (TPSA) is 78.9 Å². The number of thiazole rings is 1. The zero-order chi connectivity index (χ0) is 15.7. The molecular weight excluding hydrogens is 302 g/mol. The Hall–Kier alpha value is -2.22. The van der Waals surface area contributed by atoms with E-state index in [1.165, 1.54) is 0 Å². The average Bonchev–Trinajstić information content (AvgIpc) is 3.15. The van der Waals surface area contributed by atoms with Crippen molar-refractivity contribution in [3.63, 3.8) is 0 Å². The summed E-state index contributed by atoms with van der Waals surface area (Å²) in [6.45, 7) is 6.34. The summed E-state index contributed by atoms with van der Waals surface area (Å²) in [4.78, 5) is 8.74. The standard InChI is InChI=1S/C14H17N5O2S/c1-14(2,3)12-17-13(21-18-12)20-7-10-8-22-11(16-10)9-5-15-19(4)6-9/h5-6,8H,7H2,1-4H3. The molecule has 3 aromatic heterocycles. The van der Waals surface area contributed by atoms with Crippen molar-refractivity contribution >= 4 is 11.3 Å². The van der Waals surface area contributed by atoms with Crippen molar-refractivity contribution in [1.29, 1.82) is 0 Å². The second kappa shape index (κ2) is 5.53. The van der Waals surface area contributed by atoms with Gasteiger partial charge < -0.3 is 4.74 Å². The van der Waals surface area contributed by atoms with Crippen molar-refractivity contribution in [2.45, 2.75) is 32.8 Å². The predicted molar refractivity (Wildman–Crippen MR) is 81.6 cm³/mol. The van der Waals surface area contributed by atoms with E-state index in [1.54, 1.807) is 22.2 Å². The molecule has 0 saturated carbocycles. The average molecular weight is 319 g/mol. The maximum Gasteiger partial charge on any atom is 0.417 e. The maximum absolute atomic E-state index is 5.51. The fourth-order valence-corrected chi connectivity index (χ4v) is 2.53. The van der Waals surface area contributed by atoms with Crippen LogP contribution in [0.25, 0.3) is 10.6 Å². The lowest BCUT2D eigenvalue weighted by Gasteiger charge is -2.10. The number of ether oxygens (including phenoxy) is 1. The van der Waals surface area contributed by atoms with Crippen LogP contribution in [0.1, 0.15) is 32.3 Å². The van der Waals surface area contributed by atoms with Gasteiger partial charge in [0.15, 0.2) is 5.82 Å². The fraction of sp³-hybridized carbons (Fsp3) is 0.429. The molecule has 0 amide bonds. The highest BCUT2D eigenvalue weighted by molar-refractivity contribution is 7.13. The van der Waals surface area contributed by atoms with E-state index in [-0.39, 0.29) is 11.5 Å². The highest BCUT2D eigenvalue weighted by atomic mass is 32.1. The van der Waals surface area contributed by atoms with Crippen molar-refractivity contribution in [3.8, 4) is 16.6 Å². The Morgan fingerprint density at radius 3 is 2.77 bits per heavy atom. The molecule has 0 N–H and O–H groups in total. The summed E-state index contributed by atoms with van der Waals surface area (Å²) < 4.78 is 12.3. The molecule has 0 bridgehead atoms. The van der Waals surface area contributed by atoms with Crippen molar-refractivity contribution in [3.05, 3.63) is 29.3 Å². The Morgan fingerprint density at radius 2 is 2.14 bits per heavy atom. The quantitative estimate of drug-likeness (QED) is 0.736. The van der Waals surface area contributed by atoms with Crippen molar-refractivity contribution < 1.29 is 9.26 Å². The number of aryl methyl sites for hydroxylation is 1. The van der Waals surface area contributed by atoms with Gasteiger partial charge >= 0.3 is 6.08 Å². The largest absolute Gasteiger partial charge is 0.442 e. The molecule has 0 unspecified atom stereocenters. The van der Waals surface area contributed by atoms with Gasteiger partial charge in [0, 0.05) is 29.6 Å². The van der Waals surface area contributed by atoms with E-state index in [1.807, 2.05) is 39.4 Å². The molecule has 0 aliphatic rings. The summed E-state index contributed by atoms with van der Waals surface area (Å²) in [5, 5.41) is 10.9. The first-order valence-electron chi connectivity index (χ1n) is 6.82. The van der Waals surface area contributed by atoms with Gasteiger partial charge in [0.25, 0.3) is 0 Å². The van der Waals surface area contributed by atoms with Gasteiger partial charge in [0.2, 0.25) is 0 Å². The fourth-order valence-electron chi connectivity index (χ4n) is 1.75. The molecule has 3 rings (SSSR count). The normalized spacial score (nSPS) is 11.8. The highest BCUT2D eigenvalue weighted by Crippen LogP contribution is 2.24. The molecule has 3 heterocycles. The van der Waals surface area contributed by atoms with Gasteiger partial charge in [-0.2, -0.15) is 10.1 Å². The third-order valence-corrected chi connectivity index (χ3v) is 3.87. The maximum atomic E-state index is 5.51. The smallest absolute Gasteiger partial charge is 0.417 e. The first-order chi connectivity index (χ1) is 10.4. The Morgan fingerprint density at radius 1 is 1.32 bits per heavy atom. The van der Waals surface area contributed by atoms with E-state index >= 15 is 0 Å². The number of aromatic nitrogens is 5.